The SMILES string of the molecule is [CH]1[CH][CH][CH][CH]1.[CH]1[CH][CH][CH][CH]1.[CH]1[CH][CH][CH][CH]1.[Cl][Ti+3].[NH-]c1ccccc1.[NH-]c1ccccc1.[Ti+2]. The third-order valence-electron chi connectivity index (χ3n) is 3.21. The zero-order valence-electron chi connectivity index (χ0n) is 17.8. The van der Waals surface area contributed by atoms with Crippen LogP contribution < -0.4 is 0 Å². The minimum Gasteiger partial charge on any atom is -0.699 e. The first-order valence-electron chi connectivity index (χ1n) is 9.51. The fourth-order valence-electron chi connectivity index (χ4n) is 1.84. The zero-order valence-corrected chi connectivity index (χ0v) is 21.7. The number of rotatable bonds is 0. The molecule has 3 aliphatic rings. The van der Waals surface area contributed by atoms with E-state index >= 15 is 0 Å². The van der Waals surface area contributed by atoms with Gasteiger partial charge in [-0.2, -0.15) is 0 Å². The Morgan fingerprint density at radius 2 is 0.531 bits per heavy atom. The van der Waals surface area contributed by atoms with Crippen molar-refractivity contribution in [2.45, 2.75) is 0 Å². The minimum absolute atomic E-state index is 0. The van der Waals surface area contributed by atoms with Gasteiger partial charge in [-0.3, -0.25) is 0 Å². The molecule has 2 nitrogen and oxygen atoms in total. The molecule has 5 heteroatoms. The smallest absolute Gasteiger partial charge is 0.699 e. The molecule has 32 heavy (non-hydrogen) atoms. The number of benzene rings is 2. The molecule has 0 aliphatic heterocycles. The van der Waals surface area contributed by atoms with Crippen LogP contribution in [0.5, 0.6) is 0 Å². The van der Waals surface area contributed by atoms with Crippen molar-refractivity contribution < 1.29 is 41.1 Å². The van der Waals surface area contributed by atoms with Crippen LogP contribution in [0, 0.1) is 96.3 Å². The van der Waals surface area contributed by atoms with E-state index in [4.69, 9.17) is 11.5 Å². The molecule has 0 amide bonds. The van der Waals surface area contributed by atoms with Crippen molar-refractivity contribution >= 4 is 20.7 Å². The van der Waals surface area contributed by atoms with E-state index in [1.54, 1.807) is 24.3 Å². The molecule has 5 rings (SSSR count). The third-order valence-corrected chi connectivity index (χ3v) is 3.21. The summed E-state index contributed by atoms with van der Waals surface area (Å²) in [6.45, 7) is 0. The predicted molar refractivity (Wildman–Crippen MR) is 131 cm³/mol. The van der Waals surface area contributed by atoms with E-state index in [0.29, 0.717) is 11.4 Å². The van der Waals surface area contributed by atoms with Crippen molar-refractivity contribution in [2.75, 3.05) is 0 Å². The van der Waals surface area contributed by atoms with E-state index in [1.807, 2.05) is 133 Å². The van der Waals surface area contributed by atoms with Gasteiger partial charge in [0.15, 0.2) is 0 Å². The average Bonchev–Trinajstić information content (AvgIpc) is 3.64. The molecule has 3 aliphatic carbocycles. The standard InChI is InChI=1S/2C6H6N.3C5H5.ClH.2Ti/c2*7-6-4-2-1-3-5-6;3*1-2-4-5-3-1;;;/h2*1-5,7H;3*1-5H;1H;;/q2*-1;;;;;+2;+4/p-1. The van der Waals surface area contributed by atoms with Gasteiger partial charge in [-0.15, -0.1) is 11.4 Å². The molecule has 2 aromatic carbocycles. The summed E-state index contributed by atoms with van der Waals surface area (Å²) in [5.41, 5.74) is 15.1. The van der Waals surface area contributed by atoms with E-state index in [-0.39, 0.29) is 21.7 Å². The van der Waals surface area contributed by atoms with Crippen LogP contribution in [0.25, 0.3) is 11.5 Å². The Labute approximate surface area is 228 Å². The first-order valence-corrected chi connectivity index (χ1v) is 11.7. The fourth-order valence-corrected chi connectivity index (χ4v) is 1.84. The second-order valence-corrected chi connectivity index (χ2v) is 5.62. The molecule has 3 fully saturated rings. The van der Waals surface area contributed by atoms with Crippen LogP contribution in [0.4, 0.5) is 11.4 Å². The van der Waals surface area contributed by atoms with Gasteiger partial charge in [0.1, 0.15) is 0 Å². The van der Waals surface area contributed by atoms with E-state index in [0.717, 1.165) is 0 Å². The van der Waals surface area contributed by atoms with Crippen LogP contribution in [0.3, 0.4) is 0 Å². The summed E-state index contributed by atoms with van der Waals surface area (Å²) >= 11 is 1.47. The molecular formula is C27H27ClN2Ti2+3. The molecule has 3 saturated carbocycles. The number of hydrogen-bond acceptors (Lipinski definition) is 0. The maximum Gasteiger partial charge on any atom is 2.00 e. The Bertz CT molecular complexity index is 474. The quantitative estimate of drug-likeness (QED) is 0.319. The predicted octanol–water partition coefficient (Wildman–Crippen LogP) is 8.49. The molecule has 15 radical (unpaired) electrons. The summed E-state index contributed by atoms with van der Waals surface area (Å²) in [5, 5.41) is 0. The topological polar surface area (TPSA) is 47.6 Å². The molecule has 2 N–H and O–H groups in total. The average molecular weight is 511 g/mol. The van der Waals surface area contributed by atoms with E-state index < -0.39 is 0 Å². The van der Waals surface area contributed by atoms with Crippen molar-refractivity contribution in [1.82, 2.24) is 0 Å². The summed E-state index contributed by atoms with van der Waals surface area (Å²) in [6, 6.07) is 18.2. The van der Waals surface area contributed by atoms with Crippen LogP contribution in [0.1, 0.15) is 0 Å². The Hall–Kier alpha value is -0.241. The maximum absolute atomic E-state index is 7.00. The van der Waals surface area contributed by atoms with Gasteiger partial charge in [0, 0.05) is 0 Å². The largest absolute Gasteiger partial charge is 2.00 e. The van der Waals surface area contributed by atoms with Crippen LogP contribution in [-0.4, -0.2) is 0 Å². The molecule has 0 aromatic heterocycles. The number of hydrogen-bond donors (Lipinski definition) is 0. The number of halogens is 1. The van der Waals surface area contributed by atoms with Gasteiger partial charge >= 0.3 is 50.4 Å². The van der Waals surface area contributed by atoms with Crippen molar-refractivity contribution in [2.24, 2.45) is 0 Å². The molecule has 0 bridgehead atoms. The Morgan fingerprint density at radius 1 is 0.375 bits per heavy atom. The van der Waals surface area contributed by atoms with E-state index in [9.17, 15) is 0 Å². The summed E-state index contributed by atoms with van der Waals surface area (Å²) < 4.78 is 0. The summed E-state index contributed by atoms with van der Waals surface area (Å²) in [7, 11) is 4.64. The fraction of sp³-hybridized carbons (Fsp3) is 0. The summed E-state index contributed by atoms with van der Waals surface area (Å²) in [5.74, 6) is 0. The monoisotopic (exact) mass is 510 g/mol. The second-order valence-electron chi connectivity index (χ2n) is 5.62. The van der Waals surface area contributed by atoms with Gasteiger partial charge < -0.3 is 11.5 Å². The van der Waals surface area contributed by atoms with Gasteiger partial charge in [-0.05, 0) is 96.3 Å². The van der Waals surface area contributed by atoms with Crippen LogP contribution in [0.2, 0.25) is 0 Å². The van der Waals surface area contributed by atoms with E-state index in [2.05, 4.69) is 9.30 Å². The Kier molecular flexibility index (Phi) is 30.5. The Balaban J connectivity index is 0. The van der Waals surface area contributed by atoms with Crippen molar-refractivity contribution in [3.05, 3.63) is 168 Å². The molecule has 0 saturated heterocycles. The molecule has 0 unspecified atom stereocenters. The summed E-state index contributed by atoms with van der Waals surface area (Å²) in [6.07, 6.45) is 30.0. The van der Waals surface area contributed by atoms with Crippen LogP contribution in [0.15, 0.2) is 60.7 Å². The molecular weight excluding hydrogens is 483 g/mol. The molecule has 0 atom stereocenters. The second kappa shape index (κ2) is 28.8. The summed E-state index contributed by atoms with van der Waals surface area (Å²) in [4.78, 5) is 0. The molecule has 157 valence electrons. The van der Waals surface area contributed by atoms with Gasteiger partial charge in [0.2, 0.25) is 0 Å². The number of nitrogens with one attached hydrogen (secondary N) is 2. The normalized spacial score (nSPS) is 15.2. The first-order chi connectivity index (χ1) is 15.3. The van der Waals surface area contributed by atoms with E-state index in [1.165, 1.54) is 19.4 Å². The van der Waals surface area contributed by atoms with Crippen molar-refractivity contribution in [1.29, 1.82) is 0 Å². The molecule has 2 aromatic rings. The first kappa shape index (κ1) is 33.9. The molecule has 0 spiro atoms. The molecule has 0 heterocycles. The van der Waals surface area contributed by atoms with Gasteiger partial charge in [-0.25, -0.2) is 0 Å². The van der Waals surface area contributed by atoms with Gasteiger partial charge in [0.25, 0.3) is 0 Å². The van der Waals surface area contributed by atoms with Crippen LogP contribution >= 0.6 is 9.30 Å². The van der Waals surface area contributed by atoms with Crippen LogP contribution in [-0.2, 0) is 41.1 Å². The zero-order chi connectivity index (χ0) is 22.8. The van der Waals surface area contributed by atoms with Gasteiger partial charge in [0.05, 0.1) is 0 Å². The maximum atomic E-state index is 7.00. The van der Waals surface area contributed by atoms with Crippen molar-refractivity contribution in [3.8, 4) is 0 Å². The minimum atomic E-state index is 0. The van der Waals surface area contributed by atoms with Gasteiger partial charge in [-0.1, -0.05) is 60.7 Å². The third kappa shape index (κ3) is 26.0. The Morgan fingerprint density at radius 3 is 0.625 bits per heavy atom. The van der Waals surface area contributed by atoms with Crippen molar-refractivity contribution in [3.63, 3.8) is 0 Å².